The van der Waals surface area contributed by atoms with Gasteiger partial charge in [-0.1, -0.05) is 219 Å². The monoisotopic (exact) mass is 948 g/mol. The summed E-state index contributed by atoms with van der Waals surface area (Å²) in [5.74, 6) is 0.570. The fourth-order valence-corrected chi connectivity index (χ4v) is 13.1. The fourth-order valence-electron chi connectivity index (χ4n) is 13.1. The van der Waals surface area contributed by atoms with Gasteiger partial charge in [-0.15, -0.1) is 0 Å². The summed E-state index contributed by atoms with van der Waals surface area (Å²) in [4.78, 5) is 2.48. The van der Waals surface area contributed by atoms with Gasteiger partial charge in [-0.25, -0.2) is 0 Å². The van der Waals surface area contributed by atoms with Crippen molar-refractivity contribution in [2.24, 2.45) is 0 Å². The second-order valence-corrected chi connectivity index (χ2v) is 20.7. The standard InChI is InChI=1S/C72H56N2/c1-72(54-24-7-3-8-25-54)66-35-14-11-28-60(66)61-47-42-53(48-67(61)72)49-38-43-56(44-39-49)73(68-36-15-12-29-62(68)64-33-18-23-52-22-17-31-58(70(52)64)50-20-5-2-6-21-50)57-45-40-51(41-46-57)59-32-19-34-65-63-30-13-16-37-69(63)74(71(59)65)55-26-9-4-10-27-55/h3-4,7-19,22-48,50H,2,5-6,20-21H2,1H3. The molecule has 0 bridgehead atoms. The van der Waals surface area contributed by atoms with Gasteiger partial charge in [-0.05, 0) is 147 Å². The van der Waals surface area contributed by atoms with Crippen LogP contribution >= 0.6 is 0 Å². The number of hydrogen-bond acceptors (Lipinski definition) is 1. The molecule has 2 heteroatoms. The van der Waals surface area contributed by atoms with Gasteiger partial charge in [0.1, 0.15) is 0 Å². The Kier molecular flexibility index (Phi) is 10.8. The number of rotatable bonds is 9. The third-order valence-electron chi connectivity index (χ3n) is 16.7. The lowest BCUT2D eigenvalue weighted by Crippen LogP contribution is -2.22. The summed E-state index contributed by atoms with van der Waals surface area (Å²) < 4.78 is 2.44. The number of benzene rings is 11. The average Bonchev–Trinajstić information content (AvgIpc) is 4.00. The molecule has 0 N–H and O–H groups in total. The molecule has 1 saturated carbocycles. The minimum absolute atomic E-state index is 0.266. The predicted molar refractivity (Wildman–Crippen MR) is 313 cm³/mol. The normalized spacial score (nSPS) is 15.4. The summed E-state index contributed by atoms with van der Waals surface area (Å²) in [6.07, 6.45) is 6.44. The fraction of sp³-hybridized carbons (Fsp3) is 0.111. The molecule has 0 aliphatic heterocycles. The van der Waals surface area contributed by atoms with Gasteiger partial charge in [-0.3, -0.25) is 0 Å². The van der Waals surface area contributed by atoms with E-state index in [1.807, 2.05) is 0 Å². The summed E-state index contributed by atoms with van der Waals surface area (Å²) in [7, 11) is 0. The highest BCUT2D eigenvalue weighted by Gasteiger charge is 2.40. The Morgan fingerprint density at radius 1 is 0.419 bits per heavy atom. The number of hydrogen-bond donors (Lipinski definition) is 0. The zero-order valence-electron chi connectivity index (χ0n) is 41.8. The third-order valence-corrected chi connectivity index (χ3v) is 16.7. The average molecular weight is 949 g/mol. The van der Waals surface area contributed by atoms with E-state index < -0.39 is 0 Å². The lowest BCUT2D eigenvalue weighted by atomic mass is 9.74. The lowest BCUT2D eigenvalue weighted by Gasteiger charge is -2.29. The number of para-hydroxylation sites is 4. The summed E-state index contributed by atoms with van der Waals surface area (Å²) in [5.41, 5.74) is 22.1. The number of nitrogens with zero attached hydrogens (tertiary/aromatic N) is 2. The largest absolute Gasteiger partial charge is 0.310 e. The summed E-state index contributed by atoms with van der Waals surface area (Å²) in [6.45, 7) is 2.40. The second kappa shape index (κ2) is 18.1. The van der Waals surface area contributed by atoms with Crippen LogP contribution in [0, 0.1) is 0 Å². The zero-order valence-corrected chi connectivity index (χ0v) is 41.8. The van der Waals surface area contributed by atoms with Gasteiger partial charge in [0.25, 0.3) is 0 Å². The van der Waals surface area contributed by atoms with E-state index in [9.17, 15) is 0 Å². The Bertz CT molecular complexity index is 4040. The summed E-state index contributed by atoms with van der Waals surface area (Å²) in [5, 5.41) is 5.21. The minimum atomic E-state index is -0.266. The van der Waals surface area contributed by atoms with Crippen molar-refractivity contribution in [1.29, 1.82) is 0 Å². The van der Waals surface area contributed by atoms with Crippen LogP contribution in [0.4, 0.5) is 17.1 Å². The van der Waals surface area contributed by atoms with E-state index in [1.165, 1.54) is 131 Å². The molecular formula is C72H56N2. The van der Waals surface area contributed by atoms with Crippen molar-refractivity contribution in [2.45, 2.75) is 50.4 Å². The van der Waals surface area contributed by atoms with Gasteiger partial charge in [0.05, 0.1) is 16.7 Å². The SMILES string of the molecule is CC1(c2ccccc2)c2ccccc2-c2ccc(-c3ccc(N(c4ccc(-c5cccc6c7ccccc7n(-c7ccccc7)c56)cc4)c4ccccc4-c4cccc5cccc(C6CCCCC6)c45)cc3)cc21. The van der Waals surface area contributed by atoms with Crippen LogP contribution in [0.1, 0.15) is 67.2 Å². The molecule has 1 atom stereocenters. The van der Waals surface area contributed by atoms with Gasteiger partial charge in [0.2, 0.25) is 0 Å². The van der Waals surface area contributed by atoms with Crippen LogP contribution in [0.15, 0.2) is 255 Å². The number of fused-ring (bicyclic) bond motifs is 7. The lowest BCUT2D eigenvalue weighted by molar-refractivity contribution is 0.445. The molecule has 1 heterocycles. The Hall–Kier alpha value is -8.72. The van der Waals surface area contributed by atoms with Crippen molar-refractivity contribution in [1.82, 2.24) is 4.57 Å². The molecule has 11 aromatic carbocycles. The minimum Gasteiger partial charge on any atom is -0.310 e. The Labute approximate surface area is 434 Å². The van der Waals surface area contributed by atoms with Gasteiger partial charge >= 0.3 is 0 Å². The molecule has 1 unspecified atom stereocenters. The Balaban J connectivity index is 0.919. The summed E-state index contributed by atoms with van der Waals surface area (Å²) in [6, 6.07) is 95.1. The van der Waals surface area contributed by atoms with Crippen molar-refractivity contribution >= 4 is 49.6 Å². The molecule has 1 fully saturated rings. The first-order chi connectivity index (χ1) is 36.6. The summed E-state index contributed by atoms with van der Waals surface area (Å²) >= 11 is 0. The highest BCUT2D eigenvalue weighted by molar-refractivity contribution is 6.14. The van der Waals surface area contributed by atoms with E-state index in [0.29, 0.717) is 5.92 Å². The van der Waals surface area contributed by atoms with Gasteiger partial charge < -0.3 is 9.47 Å². The van der Waals surface area contributed by atoms with Crippen molar-refractivity contribution < 1.29 is 0 Å². The van der Waals surface area contributed by atoms with E-state index in [-0.39, 0.29) is 5.41 Å². The van der Waals surface area contributed by atoms with Crippen molar-refractivity contribution in [3.05, 3.63) is 277 Å². The van der Waals surface area contributed by atoms with Crippen molar-refractivity contribution in [3.8, 4) is 50.2 Å². The number of anilines is 3. The molecule has 12 aromatic rings. The predicted octanol–water partition coefficient (Wildman–Crippen LogP) is 19.8. The van der Waals surface area contributed by atoms with Gasteiger partial charge in [0, 0.05) is 44.4 Å². The van der Waals surface area contributed by atoms with Crippen molar-refractivity contribution in [2.75, 3.05) is 4.90 Å². The third kappa shape index (κ3) is 7.15. The van der Waals surface area contributed by atoms with Crippen LogP contribution in [0.5, 0.6) is 0 Å². The molecule has 2 aliphatic rings. The molecule has 2 nitrogen and oxygen atoms in total. The van der Waals surface area contributed by atoms with Crippen LogP contribution in [-0.4, -0.2) is 4.57 Å². The quantitative estimate of drug-likeness (QED) is 0.140. The maximum atomic E-state index is 2.48. The smallest absolute Gasteiger partial charge is 0.0619 e. The molecule has 1 aromatic heterocycles. The second-order valence-electron chi connectivity index (χ2n) is 20.7. The topological polar surface area (TPSA) is 8.17 Å². The number of aromatic nitrogens is 1. The van der Waals surface area contributed by atoms with Gasteiger partial charge in [0.15, 0.2) is 0 Å². The van der Waals surface area contributed by atoms with E-state index in [1.54, 1.807) is 0 Å². The van der Waals surface area contributed by atoms with E-state index in [2.05, 4.69) is 271 Å². The molecular weight excluding hydrogens is 893 g/mol. The first kappa shape index (κ1) is 44.0. The van der Waals surface area contributed by atoms with Crippen LogP contribution in [0.3, 0.4) is 0 Å². The highest BCUT2D eigenvalue weighted by atomic mass is 15.1. The molecule has 0 saturated heterocycles. The van der Waals surface area contributed by atoms with Crippen LogP contribution in [0.2, 0.25) is 0 Å². The molecule has 354 valence electrons. The van der Waals surface area contributed by atoms with Gasteiger partial charge in [-0.2, -0.15) is 0 Å². The van der Waals surface area contributed by atoms with Crippen LogP contribution in [-0.2, 0) is 5.41 Å². The van der Waals surface area contributed by atoms with E-state index >= 15 is 0 Å². The van der Waals surface area contributed by atoms with Crippen LogP contribution < -0.4 is 4.90 Å². The molecule has 0 spiro atoms. The first-order valence-electron chi connectivity index (χ1n) is 26.6. The molecule has 14 rings (SSSR count). The molecule has 74 heavy (non-hydrogen) atoms. The maximum Gasteiger partial charge on any atom is 0.0619 e. The maximum absolute atomic E-state index is 2.48. The first-order valence-corrected chi connectivity index (χ1v) is 26.6. The Morgan fingerprint density at radius 2 is 1.00 bits per heavy atom. The van der Waals surface area contributed by atoms with Crippen LogP contribution in [0.25, 0.3) is 82.8 Å². The highest BCUT2D eigenvalue weighted by Crippen LogP contribution is 2.54. The molecule has 0 radical (unpaired) electrons. The van der Waals surface area contributed by atoms with E-state index in [0.717, 1.165) is 22.7 Å². The van der Waals surface area contributed by atoms with Crippen molar-refractivity contribution in [3.63, 3.8) is 0 Å². The van der Waals surface area contributed by atoms with E-state index in [4.69, 9.17) is 0 Å². The Morgan fingerprint density at radius 3 is 1.78 bits per heavy atom. The molecule has 0 amide bonds. The molecule has 2 aliphatic carbocycles. The zero-order chi connectivity index (χ0) is 49.2.